The van der Waals surface area contributed by atoms with Gasteiger partial charge in [-0.2, -0.15) is 15.3 Å². The molecule has 142 valence electrons. The number of anilines is 1. The van der Waals surface area contributed by atoms with Crippen molar-refractivity contribution >= 4 is 39.2 Å². The molecule has 1 N–H and O–H groups in total. The van der Waals surface area contributed by atoms with Crippen LogP contribution in [-0.2, 0) is 0 Å². The molecule has 0 aromatic heterocycles. The van der Waals surface area contributed by atoms with Crippen LogP contribution in [0.25, 0.3) is 10.8 Å². The predicted molar refractivity (Wildman–Crippen MR) is 119 cm³/mol. The molecule has 0 saturated heterocycles. The lowest BCUT2D eigenvalue weighted by atomic mass is 10.1. The minimum absolute atomic E-state index is 0.767. The molecule has 0 spiro atoms. The maximum atomic E-state index is 4.47. The van der Waals surface area contributed by atoms with Crippen molar-refractivity contribution < 1.29 is 0 Å². The summed E-state index contributed by atoms with van der Waals surface area (Å²) in [7, 11) is 0. The maximum absolute atomic E-state index is 4.47. The van der Waals surface area contributed by atoms with Crippen LogP contribution in [0.2, 0.25) is 0 Å². The second-order valence-corrected chi connectivity index (χ2v) is 6.46. The Hall–Kier alpha value is -3.86. The Morgan fingerprint density at radius 3 is 1.76 bits per heavy atom. The van der Waals surface area contributed by atoms with Gasteiger partial charge in [-0.15, -0.1) is 5.11 Å². The van der Waals surface area contributed by atoms with Crippen LogP contribution in [0, 0.1) is 0 Å². The van der Waals surface area contributed by atoms with Crippen LogP contribution in [0.15, 0.2) is 111 Å². The summed E-state index contributed by atoms with van der Waals surface area (Å²) in [6, 6.07) is 29.5. The normalized spacial score (nSPS) is 11.5. The minimum Gasteiger partial charge on any atom is -0.385 e. The van der Waals surface area contributed by atoms with Crippen LogP contribution in [0.4, 0.5) is 28.4 Å². The van der Waals surface area contributed by atoms with Gasteiger partial charge in [0.15, 0.2) is 0 Å². The Morgan fingerprint density at radius 2 is 1.10 bits per heavy atom. The molecule has 0 aliphatic heterocycles. The summed E-state index contributed by atoms with van der Waals surface area (Å²) in [4.78, 5) is 0. The minimum atomic E-state index is 0.767. The van der Waals surface area contributed by atoms with E-state index in [9.17, 15) is 0 Å². The number of benzene rings is 4. The highest BCUT2D eigenvalue weighted by Crippen LogP contribution is 2.33. The highest BCUT2D eigenvalue weighted by molar-refractivity contribution is 6.00. The Kier molecular flexibility index (Phi) is 5.67. The first kappa shape index (κ1) is 18.5. The first-order valence-electron chi connectivity index (χ1n) is 9.58. The Balaban J connectivity index is 1.54. The topological polar surface area (TPSA) is 61.5 Å². The van der Waals surface area contributed by atoms with E-state index in [-0.39, 0.29) is 0 Å². The van der Waals surface area contributed by atoms with Gasteiger partial charge in [-0.3, -0.25) is 0 Å². The van der Waals surface area contributed by atoms with Crippen LogP contribution in [0.1, 0.15) is 6.92 Å². The van der Waals surface area contributed by atoms with Crippen LogP contribution >= 0.6 is 0 Å². The van der Waals surface area contributed by atoms with Gasteiger partial charge in [0, 0.05) is 23.0 Å². The number of rotatable bonds is 6. The number of azo groups is 2. The molecule has 0 aliphatic rings. The smallest absolute Gasteiger partial charge is 0.0936 e. The van der Waals surface area contributed by atoms with Gasteiger partial charge in [-0.25, -0.2) is 0 Å². The zero-order valence-corrected chi connectivity index (χ0v) is 16.2. The average molecular weight is 379 g/mol. The summed E-state index contributed by atoms with van der Waals surface area (Å²) in [5.74, 6) is 0. The first-order chi connectivity index (χ1) is 14.3. The summed E-state index contributed by atoms with van der Waals surface area (Å²) in [5, 5.41) is 22.9. The van der Waals surface area contributed by atoms with E-state index < -0.39 is 0 Å². The van der Waals surface area contributed by atoms with Gasteiger partial charge in [-0.05, 0) is 55.5 Å². The fourth-order valence-electron chi connectivity index (χ4n) is 3.02. The third-order valence-corrected chi connectivity index (χ3v) is 4.43. The zero-order chi connectivity index (χ0) is 19.9. The SMILES string of the molecule is CCNc1ccc(N=Nc2ccc(N=Nc3ccccc3)cc2)c2ccccc12. The summed E-state index contributed by atoms with van der Waals surface area (Å²) in [6.07, 6.45) is 0. The average Bonchev–Trinajstić information content (AvgIpc) is 2.79. The quantitative estimate of drug-likeness (QED) is 0.338. The van der Waals surface area contributed by atoms with E-state index in [1.54, 1.807) is 0 Å². The summed E-state index contributed by atoms with van der Waals surface area (Å²) < 4.78 is 0. The van der Waals surface area contributed by atoms with Gasteiger partial charge in [0.1, 0.15) is 0 Å². The fourth-order valence-corrected chi connectivity index (χ4v) is 3.02. The molecular weight excluding hydrogens is 358 g/mol. The van der Waals surface area contributed by atoms with Crippen molar-refractivity contribution in [2.75, 3.05) is 11.9 Å². The Labute approximate surface area is 169 Å². The number of fused-ring (bicyclic) bond motifs is 1. The van der Waals surface area contributed by atoms with Crippen LogP contribution in [0.3, 0.4) is 0 Å². The van der Waals surface area contributed by atoms with E-state index in [4.69, 9.17) is 0 Å². The van der Waals surface area contributed by atoms with E-state index in [2.05, 4.69) is 44.8 Å². The molecule has 0 atom stereocenters. The molecule has 0 heterocycles. The summed E-state index contributed by atoms with van der Waals surface area (Å²) >= 11 is 0. The Bertz CT molecular complexity index is 1150. The van der Waals surface area contributed by atoms with Crippen LogP contribution < -0.4 is 5.32 Å². The van der Waals surface area contributed by atoms with E-state index in [1.165, 1.54) is 0 Å². The van der Waals surface area contributed by atoms with Gasteiger partial charge < -0.3 is 5.32 Å². The standard InChI is InChI=1S/C24H21N5/c1-2-25-23-16-17-24(22-11-7-6-10-21(22)23)29-28-20-14-12-19(13-15-20)27-26-18-8-4-3-5-9-18/h3-17,25H,2H2,1H3. The van der Waals surface area contributed by atoms with Gasteiger partial charge in [0.25, 0.3) is 0 Å². The number of nitrogens with one attached hydrogen (secondary N) is 1. The number of hydrogen-bond donors (Lipinski definition) is 1. The lowest BCUT2D eigenvalue weighted by Crippen LogP contribution is -1.96. The second kappa shape index (κ2) is 8.89. The van der Waals surface area contributed by atoms with Crippen LogP contribution in [-0.4, -0.2) is 6.54 Å². The van der Waals surface area contributed by atoms with Gasteiger partial charge in [0.2, 0.25) is 0 Å². The third-order valence-electron chi connectivity index (χ3n) is 4.43. The highest BCUT2D eigenvalue weighted by Gasteiger charge is 2.04. The van der Waals surface area contributed by atoms with E-state index in [0.29, 0.717) is 0 Å². The molecule has 0 fully saturated rings. The molecule has 0 saturated carbocycles. The maximum Gasteiger partial charge on any atom is 0.0936 e. The molecule has 5 heteroatoms. The largest absolute Gasteiger partial charge is 0.385 e. The molecule has 0 amide bonds. The number of nitrogens with zero attached hydrogens (tertiary/aromatic N) is 4. The fraction of sp³-hybridized carbons (Fsp3) is 0.0833. The molecule has 4 aromatic carbocycles. The summed E-state index contributed by atoms with van der Waals surface area (Å²) in [5.41, 5.74) is 4.31. The molecule has 0 radical (unpaired) electrons. The van der Waals surface area contributed by atoms with E-state index in [1.807, 2.05) is 78.9 Å². The monoisotopic (exact) mass is 379 g/mol. The molecule has 4 rings (SSSR count). The summed E-state index contributed by atoms with van der Waals surface area (Å²) in [6.45, 7) is 2.96. The van der Waals surface area contributed by atoms with Crippen molar-refractivity contribution in [1.29, 1.82) is 0 Å². The molecular formula is C24H21N5. The van der Waals surface area contributed by atoms with Crippen molar-refractivity contribution in [3.63, 3.8) is 0 Å². The molecule has 0 aliphatic carbocycles. The van der Waals surface area contributed by atoms with E-state index in [0.717, 1.165) is 45.8 Å². The number of hydrogen-bond acceptors (Lipinski definition) is 5. The predicted octanol–water partition coefficient (Wildman–Crippen LogP) is 8.10. The van der Waals surface area contributed by atoms with Gasteiger partial charge in [-0.1, -0.05) is 42.5 Å². The van der Waals surface area contributed by atoms with Crippen molar-refractivity contribution in [2.24, 2.45) is 20.5 Å². The van der Waals surface area contributed by atoms with Gasteiger partial charge >= 0.3 is 0 Å². The molecule has 5 nitrogen and oxygen atoms in total. The molecule has 4 aromatic rings. The molecule has 29 heavy (non-hydrogen) atoms. The second-order valence-electron chi connectivity index (χ2n) is 6.46. The van der Waals surface area contributed by atoms with Crippen LogP contribution in [0.5, 0.6) is 0 Å². The first-order valence-corrected chi connectivity index (χ1v) is 9.58. The van der Waals surface area contributed by atoms with Crippen molar-refractivity contribution in [3.05, 3.63) is 91.0 Å². The Morgan fingerprint density at radius 1 is 0.552 bits per heavy atom. The molecule has 0 bridgehead atoms. The van der Waals surface area contributed by atoms with Crippen molar-refractivity contribution in [1.82, 2.24) is 0 Å². The lowest BCUT2D eigenvalue weighted by molar-refractivity contribution is 1.21. The zero-order valence-electron chi connectivity index (χ0n) is 16.2. The van der Waals surface area contributed by atoms with Gasteiger partial charge in [0.05, 0.1) is 22.7 Å². The lowest BCUT2D eigenvalue weighted by Gasteiger charge is -2.09. The highest BCUT2D eigenvalue weighted by atomic mass is 15.1. The van der Waals surface area contributed by atoms with Crippen molar-refractivity contribution in [3.8, 4) is 0 Å². The van der Waals surface area contributed by atoms with E-state index >= 15 is 0 Å². The molecule has 0 unspecified atom stereocenters. The van der Waals surface area contributed by atoms with Crippen molar-refractivity contribution in [2.45, 2.75) is 6.92 Å². The third kappa shape index (κ3) is 4.52.